The van der Waals surface area contributed by atoms with Crippen LogP contribution in [0.1, 0.15) is 348 Å². The molecular formula is C65H131N2O6P. The van der Waals surface area contributed by atoms with E-state index in [-0.39, 0.29) is 19.1 Å². The van der Waals surface area contributed by atoms with Crippen LogP contribution in [0.2, 0.25) is 0 Å². The summed E-state index contributed by atoms with van der Waals surface area (Å²) < 4.78 is 23.4. The van der Waals surface area contributed by atoms with Crippen molar-refractivity contribution in [1.29, 1.82) is 0 Å². The number of hydrogen-bond donors (Lipinski definition) is 2. The molecule has 0 saturated heterocycles. The third-order valence-electron chi connectivity index (χ3n) is 15.5. The van der Waals surface area contributed by atoms with Crippen LogP contribution in [0.5, 0.6) is 0 Å². The first kappa shape index (κ1) is 73.2. The molecule has 0 saturated carbocycles. The number of unbranched alkanes of at least 4 members (excludes halogenated alkanes) is 49. The monoisotopic (exact) mass is 1070 g/mol. The molecule has 3 unspecified atom stereocenters. The normalized spacial score (nSPS) is 13.8. The number of nitrogens with zero attached hydrogens (tertiary/aromatic N) is 1. The van der Waals surface area contributed by atoms with E-state index in [4.69, 9.17) is 9.05 Å². The minimum absolute atomic E-state index is 0.00293. The van der Waals surface area contributed by atoms with E-state index in [9.17, 15) is 19.4 Å². The van der Waals surface area contributed by atoms with Gasteiger partial charge in [-0.1, -0.05) is 334 Å². The number of amides is 1. The number of quaternary nitrogens is 1. The van der Waals surface area contributed by atoms with Crippen molar-refractivity contribution in [1.82, 2.24) is 5.32 Å². The van der Waals surface area contributed by atoms with Crippen molar-refractivity contribution in [3.63, 3.8) is 0 Å². The summed E-state index contributed by atoms with van der Waals surface area (Å²) >= 11 is 0. The van der Waals surface area contributed by atoms with Crippen molar-refractivity contribution in [2.45, 2.75) is 360 Å². The number of likely N-dealkylation sites (N-methyl/N-ethyl adjacent to an activating group) is 1. The van der Waals surface area contributed by atoms with E-state index in [1.165, 1.54) is 289 Å². The molecule has 74 heavy (non-hydrogen) atoms. The lowest BCUT2D eigenvalue weighted by Crippen LogP contribution is -2.45. The van der Waals surface area contributed by atoms with E-state index in [0.29, 0.717) is 17.4 Å². The Kier molecular flexibility index (Phi) is 56.4. The quantitative estimate of drug-likeness (QED) is 0.0272. The maximum absolute atomic E-state index is 13.0. The van der Waals surface area contributed by atoms with Crippen molar-refractivity contribution in [3.8, 4) is 0 Å². The molecule has 0 aromatic heterocycles. The predicted molar refractivity (Wildman–Crippen MR) is 321 cm³/mol. The molecule has 0 heterocycles. The minimum atomic E-state index is -4.60. The van der Waals surface area contributed by atoms with Crippen LogP contribution in [0.4, 0.5) is 0 Å². The van der Waals surface area contributed by atoms with Crippen LogP contribution in [-0.2, 0) is 18.4 Å². The highest BCUT2D eigenvalue weighted by Gasteiger charge is 2.23. The summed E-state index contributed by atoms with van der Waals surface area (Å²) in [5, 5.41) is 14.0. The van der Waals surface area contributed by atoms with Gasteiger partial charge in [-0.15, -0.1) is 0 Å². The Balaban J connectivity index is 4.08. The molecule has 2 N–H and O–H groups in total. The van der Waals surface area contributed by atoms with Crippen LogP contribution in [0, 0.1) is 0 Å². The average molecular weight is 1070 g/mol. The first-order chi connectivity index (χ1) is 36.0. The van der Waals surface area contributed by atoms with Gasteiger partial charge in [0, 0.05) is 6.42 Å². The molecular weight excluding hydrogens is 936 g/mol. The third-order valence-corrected chi connectivity index (χ3v) is 16.5. The van der Waals surface area contributed by atoms with Crippen molar-refractivity contribution < 1.29 is 32.9 Å². The predicted octanol–water partition coefficient (Wildman–Crippen LogP) is 19.9. The number of nitrogens with one attached hydrogen (secondary N) is 1. The second-order valence-electron chi connectivity index (χ2n) is 24.2. The Bertz CT molecular complexity index is 1210. The van der Waals surface area contributed by atoms with E-state index in [2.05, 4.69) is 19.2 Å². The second kappa shape index (κ2) is 56.9. The maximum Gasteiger partial charge on any atom is 0.268 e. The summed E-state index contributed by atoms with van der Waals surface area (Å²) in [7, 11) is 1.28. The summed E-state index contributed by atoms with van der Waals surface area (Å²) in [5.74, 6) is -0.188. The molecule has 0 fully saturated rings. The van der Waals surface area contributed by atoms with Crippen molar-refractivity contribution >= 4 is 13.7 Å². The second-order valence-corrected chi connectivity index (χ2v) is 25.6. The Labute approximate surface area is 462 Å². The van der Waals surface area contributed by atoms with Crippen molar-refractivity contribution in [3.05, 3.63) is 12.2 Å². The zero-order chi connectivity index (χ0) is 54.2. The standard InChI is InChI=1S/C65H131N2O6P/c1-6-8-10-12-14-16-18-20-22-24-26-28-30-32-33-34-35-36-38-40-42-44-46-48-50-52-54-56-58-64(68)63(62-73-74(70,71)72-61-60-67(3,4)5)66-65(69)59-57-55-53-51-49-47-45-43-41-39-37-31-29-27-25-23-21-19-17-15-13-11-9-7-2/h56,58,63-64,68H,6-55,57,59-62H2,1-5H3,(H-,66,69,70,71)/b58-56+. The third kappa shape index (κ3) is 58.9. The summed E-state index contributed by atoms with van der Waals surface area (Å²) in [6, 6.07) is -0.883. The molecule has 0 spiro atoms. The minimum Gasteiger partial charge on any atom is -0.756 e. The Morgan fingerprint density at radius 1 is 0.459 bits per heavy atom. The van der Waals surface area contributed by atoms with Gasteiger partial charge in [0.1, 0.15) is 13.2 Å². The van der Waals surface area contributed by atoms with Crippen LogP contribution >= 0.6 is 7.82 Å². The number of carbonyl (C=O) groups is 1. The molecule has 0 aliphatic rings. The van der Waals surface area contributed by atoms with Gasteiger partial charge in [0.15, 0.2) is 0 Å². The van der Waals surface area contributed by atoms with Gasteiger partial charge in [-0.25, -0.2) is 0 Å². The molecule has 0 rings (SSSR count). The Morgan fingerprint density at radius 3 is 1.01 bits per heavy atom. The molecule has 0 aliphatic heterocycles. The van der Waals surface area contributed by atoms with Crippen LogP contribution in [0.25, 0.3) is 0 Å². The van der Waals surface area contributed by atoms with Gasteiger partial charge in [-0.3, -0.25) is 9.36 Å². The highest BCUT2D eigenvalue weighted by Crippen LogP contribution is 2.38. The first-order valence-electron chi connectivity index (χ1n) is 33.1. The topological polar surface area (TPSA) is 108 Å². The SMILES string of the molecule is CCCCCCCCCCCCCCCCCCCCCCCCCCCC/C=C/C(O)C(COP(=O)([O-])OCC[N+](C)(C)C)NC(=O)CCCCCCCCCCCCCCCCCCCCCCCCCC. The summed E-state index contributed by atoms with van der Waals surface area (Å²) in [5.41, 5.74) is 0. The Morgan fingerprint density at radius 2 is 0.730 bits per heavy atom. The molecule has 0 aromatic rings. The largest absolute Gasteiger partial charge is 0.756 e. The lowest BCUT2D eigenvalue weighted by atomic mass is 10.0. The highest BCUT2D eigenvalue weighted by molar-refractivity contribution is 7.45. The van der Waals surface area contributed by atoms with Gasteiger partial charge < -0.3 is 28.8 Å². The van der Waals surface area contributed by atoms with Crippen LogP contribution in [-0.4, -0.2) is 68.5 Å². The maximum atomic E-state index is 13.0. The van der Waals surface area contributed by atoms with E-state index >= 15 is 0 Å². The van der Waals surface area contributed by atoms with Gasteiger partial charge in [0.25, 0.3) is 7.82 Å². The lowest BCUT2D eigenvalue weighted by Gasteiger charge is -2.29. The molecule has 0 aliphatic carbocycles. The molecule has 9 heteroatoms. The number of aliphatic hydroxyl groups excluding tert-OH is 1. The number of hydrogen-bond acceptors (Lipinski definition) is 6. The summed E-state index contributed by atoms with van der Waals surface area (Å²) in [4.78, 5) is 25.6. The van der Waals surface area contributed by atoms with Crippen LogP contribution < -0.4 is 10.2 Å². The van der Waals surface area contributed by atoms with E-state index in [0.717, 1.165) is 38.5 Å². The molecule has 8 nitrogen and oxygen atoms in total. The van der Waals surface area contributed by atoms with Gasteiger partial charge in [0.05, 0.1) is 39.9 Å². The zero-order valence-corrected chi connectivity index (χ0v) is 51.5. The van der Waals surface area contributed by atoms with Gasteiger partial charge in [-0.2, -0.15) is 0 Å². The zero-order valence-electron chi connectivity index (χ0n) is 50.6. The van der Waals surface area contributed by atoms with Gasteiger partial charge in [-0.05, 0) is 19.3 Å². The number of rotatable bonds is 62. The van der Waals surface area contributed by atoms with E-state index < -0.39 is 20.0 Å². The van der Waals surface area contributed by atoms with Crippen molar-refractivity contribution in [2.75, 3.05) is 40.9 Å². The number of allylic oxidation sites excluding steroid dienone is 1. The average Bonchev–Trinajstić information content (AvgIpc) is 3.36. The smallest absolute Gasteiger partial charge is 0.268 e. The molecule has 0 radical (unpaired) electrons. The Hall–Kier alpha value is -0.760. The lowest BCUT2D eigenvalue weighted by molar-refractivity contribution is -0.870. The molecule has 442 valence electrons. The number of phosphoric ester groups is 1. The van der Waals surface area contributed by atoms with Crippen molar-refractivity contribution in [2.24, 2.45) is 0 Å². The van der Waals surface area contributed by atoms with Gasteiger partial charge >= 0.3 is 0 Å². The van der Waals surface area contributed by atoms with E-state index in [1.807, 2.05) is 27.2 Å². The molecule has 3 atom stereocenters. The number of phosphoric acid groups is 1. The van der Waals surface area contributed by atoms with E-state index in [1.54, 1.807) is 6.08 Å². The fourth-order valence-corrected chi connectivity index (χ4v) is 11.1. The fourth-order valence-electron chi connectivity index (χ4n) is 10.3. The first-order valence-corrected chi connectivity index (χ1v) is 34.5. The molecule has 1 amide bonds. The number of carbonyl (C=O) groups excluding carboxylic acids is 1. The van der Waals surface area contributed by atoms with Crippen LogP contribution in [0.3, 0.4) is 0 Å². The summed E-state index contributed by atoms with van der Waals surface area (Å²) in [6.45, 7) is 4.72. The van der Waals surface area contributed by atoms with Gasteiger partial charge in [0.2, 0.25) is 5.91 Å². The fraction of sp³-hybridized carbons (Fsp3) is 0.954. The molecule has 0 aromatic carbocycles. The highest BCUT2D eigenvalue weighted by atomic mass is 31.2. The summed E-state index contributed by atoms with van der Waals surface area (Å²) in [6.07, 6.45) is 71.7. The van der Waals surface area contributed by atoms with Crippen LogP contribution in [0.15, 0.2) is 12.2 Å². The molecule has 0 bridgehead atoms. The number of aliphatic hydroxyl groups is 1.